The van der Waals surface area contributed by atoms with Gasteiger partial charge in [-0.15, -0.1) is 24.8 Å². The summed E-state index contributed by atoms with van der Waals surface area (Å²) in [6.07, 6.45) is 2.74. The molecule has 0 radical (unpaired) electrons. The Balaban J connectivity index is 0.00000150. The molecular formula is C21H23Cl2FN4O. The number of hydrogen-bond acceptors (Lipinski definition) is 4. The summed E-state index contributed by atoms with van der Waals surface area (Å²) in [5.74, 6) is -0.839. The molecular weight excluding hydrogens is 414 g/mol. The number of fused-ring (bicyclic) bond motifs is 2. The number of aromatic nitrogens is 2. The second-order valence-corrected chi connectivity index (χ2v) is 7.09. The topological polar surface area (TPSA) is 80.9 Å². The molecule has 8 heteroatoms. The summed E-state index contributed by atoms with van der Waals surface area (Å²) in [6.45, 7) is 3.64. The van der Waals surface area contributed by atoms with Crippen molar-refractivity contribution in [2.75, 3.05) is 5.73 Å². The fourth-order valence-corrected chi connectivity index (χ4v) is 3.69. The summed E-state index contributed by atoms with van der Waals surface area (Å²) in [4.78, 5) is 21.8. The lowest BCUT2D eigenvalue weighted by molar-refractivity contribution is 0.0934. The summed E-state index contributed by atoms with van der Waals surface area (Å²) < 4.78 is 14.1. The van der Waals surface area contributed by atoms with Crippen molar-refractivity contribution in [3.05, 3.63) is 64.2 Å². The van der Waals surface area contributed by atoms with E-state index in [0.717, 1.165) is 47.5 Å². The smallest absolute Gasteiger partial charge is 0.254 e. The van der Waals surface area contributed by atoms with Crippen LogP contribution in [0.4, 0.5) is 10.1 Å². The van der Waals surface area contributed by atoms with Gasteiger partial charge in [0, 0.05) is 11.8 Å². The van der Waals surface area contributed by atoms with E-state index in [4.69, 9.17) is 5.73 Å². The second kappa shape index (κ2) is 8.93. The van der Waals surface area contributed by atoms with Gasteiger partial charge in [-0.3, -0.25) is 4.79 Å². The minimum Gasteiger partial charge on any atom is -0.399 e. The Morgan fingerprint density at radius 3 is 2.62 bits per heavy atom. The Morgan fingerprint density at radius 1 is 1.14 bits per heavy atom. The quantitative estimate of drug-likeness (QED) is 0.574. The van der Waals surface area contributed by atoms with E-state index < -0.39 is 5.82 Å². The van der Waals surface area contributed by atoms with Crippen LogP contribution in [0.5, 0.6) is 0 Å². The minimum atomic E-state index is -0.498. The molecule has 1 atom stereocenters. The van der Waals surface area contributed by atoms with Crippen LogP contribution in [-0.2, 0) is 6.42 Å². The van der Waals surface area contributed by atoms with E-state index in [-0.39, 0.29) is 42.3 Å². The molecule has 4 rings (SSSR count). The lowest BCUT2D eigenvalue weighted by Gasteiger charge is -2.27. The van der Waals surface area contributed by atoms with Crippen molar-refractivity contribution < 1.29 is 9.18 Å². The summed E-state index contributed by atoms with van der Waals surface area (Å²) in [7, 11) is 0. The number of benzene rings is 2. The van der Waals surface area contributed by atoms with Crippen molar-refractivity contribution in [2.45, 2.75) is 39.2 Å². The summed E-state index contributed by atoms with van der Waals surface area (Å²) in [6, 6.07) is 8.19. The average molecular weight is 437 g/mol. The number of amides is 1. The van der Waals surface area contributed by atoms with Crippen LogP contribution in [0, 0.1) is 19.7 Å². The number of carbonyl (C=O) groups excluding carboxylic acids is 1. The first-order chi connectivity index (χ1) is 12.9. The Hall–Kier alpha value is -2.44. The molecule has 1 aliphatic rings. The molecule has 0 saturated heterocycles. The van der Waals surface area contributed by atoms with E-state index in [9.17, 15) is 9.18 Å². The SMILES string of the molecule is Cc1nc2cc(F)cc(C(=O)NC3CCCc4cc(N)ccc43)c2nc1C.Cl.Cl. The number of carbonyl (C=O) groups is 1. The van der Waals surface area contributed by atoms with E-state index in [1.165, 1.54) is 12.1 Å². The van der Waals surface area contributed by atoms with Crippen LogP contribution in [0.25, 0.3) is 11.0 Å². The van der Waals surface area contributed by atoms with E-state index in [2.05, 4.69) is 15.3 Å². The van der Waals surface area contributed by atoms with Crippen molar-refractivity contribution in [1.29, 1.82) is 0 Å². The van der Waals surface area contributed by atoms with Crippen LogP contribution in [0.2, 0.25) is 0 Å². The van der Waals surface area contributed by atoms with Gasteiger partial charge in [0.15, 0.2) is 0 Å². The largest absolute Gasteiger partial charge is 0.399 e. The summed E-state index contributed by atoms with van der Waals surface area (Å²) >= 11 is 0. The molecule has 0 bridgehead atoms. The van der Waals surface area contributed by atoms with Crippen molar-refractivity contribution >= 4 is 47.4 Å². The maximum Gasteiger partial charge on any atom is 0.254 e. The Kier molecular flexibility index (Phi) is 7.03. The van der Waals surface area contributed by atoms with Crippen LogP contribution >= 0.6 is 24.8 Å². The van der Waals surface area contributed by atoms with Crippen LogP contribution in [0.1, 0.15) is 51.8 Å². The third-order valence-corrected chi connectivity index (χ3v) is 5.18. The fourth-order valence-electron chi connectivity index (χ4n) is 3.69. The monoisotopic (exact) mass is 436 g/mol. The Labute approximate surface area is 181 Å². The third kappa shape index (κ3) is 4.43. The summed E-state index contributed by atoms with van der Waals surface area (Å²) in [5.41, 5.74) is 11.3. The zero-order chi connectivity index (χ0) is 19.1. The predicted octanol–water partition coefficient (Wildman–Crippen LogP) is 4.62. The first-order valence-corrected chi connectivity index (χ1v) is 9.06. The molecule has 0 saturated carbocycles. The normalized spacial score (nSPS) is 15.1. The molecule has 0 spiro atoms. The van der Waals surface area contributed by atoms with Gasteiger partial charge >= 0.3 is 0 Å². The number of aryl methyl sites for hydroxylation is 3. The van der Waals surface area contributed by atoms with Gasteiger partial charge in [0.1, 0.15) is 11.3 Å². The maximum atomic E-state index is 14.1. The number of nitrogens with two attached hydrogens (primary N) is 1. The first-order valence-electron chi connectivity index (χ1n) is 9.06. The van der Waals surface area contributed by atoms with Gasteiger partial charge in [0.05, 0.1) is 28.5 Å². The lowest BCUT2D eigenvalue weighted by atomic mass is 9.87. The highest BCUT2D eigenvalue weighted by Crippen LogP contribution is 2.31. The number of hydrogen-bond donors (Lipinski definition) is 2. The number of nitrogens with zero attached hydrogens (tertiary/aromatic N) is 2. The van der Waals surface area contributed by atoms with Crippen molar-refractivity contribution in [3.8, 4) is 0 Å². The molecule has 1 heterocycles. The third-order valence-electron chi connectivity index (χ3n) is 5.18. The minimum absolute atomic E-state index is 0. The second-order valence-electron chi connectivity index (χ2n) is 7.09. The fraction of sp³-hybridized carbons (Fsp3) is 0.286. The molecule has 154 valence electrons. The Bertz CT molecular complexity index is 1070. The molecule has 1 aliphatic carbocycles. The highest BCUT2D eigenvalue weighted by atomic mass is 35.5. The summed E-state index contributed by atoms with van der Waals surface area (Å²) in [5, 5.41) is 3.05. The van der Waals surface area contributed by atoms with Gasteiger partial charge in [-0.2, -0.15) is 0 Å². The maximum absolute atomic E-state index is 14.1. The van der Waals surface area contributed by atoms with Crippen molar-refractivity contribution in [2.24, 2.45) is 0 Å². The van der Waals surface area contributed by atoms with Crippen molar-refractivity contribution in [1.82, 2.24) is 15.3 Å². The predicted molar refractivity (Wildman–Crippen MR) is 117 cm³/mol. The molecule has 1 aromatic heterocycles. The Morgan fingerprint density at radius 2 is 1.86 bits per heavy atom. The van der Waals surface area contributed by atoms with E-state index in [0.29, 0.717) is 11.0 Å². The van der Waals surface area contributed by atoms with Gasteiger partial charge < -0.3 is 11.1 Å². The van der Waals surface area contributed by atoms with E-state index in [1.54, 1.807) is 0 Å². The number of halogens is 3. The van der Waals surface area contributed by atoms with E-state index in [1.807, 2.05) is 32.0 Å². The molecule has 1 unspecified atom stereocenters. The van der Waals surface area contributed by atoms with E-state index >= 15 is 0 Å². The van der Waals surface area contributed by atoms with Gasteiger partial charge in [-0.05, 0) is 62.4 Å². The van der Waals surface area contributed by atoms with Crippen LogP contribution < -0.4 is 11.1 Å². The zero-order valence-corrected chi connectivity index (χ0v) is 17.8. The lowest BCUT2D eigenvalue weighted by Crippen LogP contribution is -2.31. The van der Waals surface area contributed by atoms with Crippen LogP contribution in [0.15, 0.2) is 30.3 Å². The van der Waals surface area contributed by atoms with Crippen LogP contribution in [-0.4, -0.2) is 15.9 Å². The molecule has 1 amide bonds. The first kappa shape index (κ1) is 22.8. The van der Waals surface area contributed by atoms with Gasteiger partial charge in [-0.1, -0.05) is 6.07 Å². The average Bonchev–Trinajstić information content (AvgIpc) is 2.62. The molecule has 5 nitrogen and oxygen atoms in total. The molecule has 29 heavy (non-hydrogen) atoms. The van der Waals surface area contributed by atoms with Gasteiger partial charge in [0.2, 0.25) is 0 Å². The molecule has 3 aromatic rings. The molecule has 0 aliphatic heterocycles. The molecule has 0 fully saturated rings. The molecule has 2 aromatic carbocycles. The highest BCUT2D eigenvalue weighted by molar-refractivity contribution is 6.05. The van der Waals surface area contributed by atoms with Gasteiger partial charge in [0.25, 0.3) is 5.91 Å². The number of rotatable bonds is 2. The van der Waals surface area contributed by atoms with Crippen LogP contribution in [0.3, 0.4) is 0 Å². The molecule has 3 N–H and O–H groups in total. The highest BCUT2D eigenvalue weighted by Gasteiger charge is 2.24. The van der Waals surface area contributed by atoms with Gasteiger partial charge in [-0.25, -0.2) is 14.4 Å². The number of nitrogen functional groups attached to an aromatic ring is 1. The zero-order valence-electron chi connectivity index (χ0n) is 16.2. The number of anilines is 1. The standard InChI is InChI=1S/C21H21FN4O.2ClH/c1-11-12(2)25-20-17(9-14(22)10-19(20)24-11)21(27)26-18-5-3-4-13-8-15(23)6-7-16(13)18;;/h6-10,18H,3-5,23H2,1-2H3,(H,26,27);2*1H. The van der Waals surface area contributed by atoms with Crippen molar-refractivity contribution in [3.63, 3.8) is 0 Å². The number of nitrogens with one attached hydrogen (secondary N) is 1.